The van der Waals surface area contributed by atoms with Gasteiger partial charge in [-0.05, 0) is 38.6 Å². The Kier molecular flexibility index (Phi) is 4.51. The van der Waals surface area contributed by atoms with Gasteiger partial charge in [0.2, 0.25) is 0 Å². The first-order valence-electron chi connectivity index (χ1n) is 7.79. The first kappa shape index (κ1) is 14.5. The normalized spacial score (nSPS) is 20.2. The van der Waals surface area contributed by atoms with Crippen molar-refractivity contribution in [2.45, 2.75) is 38.3 Å². The monoisotopic (exact) mass is 288 g/mol. The molecule has 0 saturated carbocycles. The van der Waals surface area contributed by atoms with Gasteiger partial charge >= 0.3 is 0 Å². The second-order valence-electron chi connectivity index (χ2n) is 5.86. The summed E-state index contributed by atoms with van der Waals surface area (Å²) in [6.45, 7) is 2.87. The minimum absolute atomic E-state index is 0.583. The Hall–Kier alpha value is -1.46. The van der Waals surface area contributed by atoms with Gasteiger partial charge in [-0.2, -0.15) is 0 Å². The second kappa shape index (κ2) is 6.54. The van der Waals surface area contributed by atoms with E-state index in [-0.39, 0.29) is 0 Å². The quantitative estimate of drug-likeness (QED) is 0.845. The molecule has 1 unspecified atom stereocenters. The number of hydrogen-bond acceptors (Lipinski definition) is 4. The van der Waals surface area contributed by atoms with E-state index >= 15 is 0 Å². The minimum Gasteiger partial charge on any atom is -0.384 e. The molecule has 1 aliphatic rings. The number of imidazole rings is 1. The first-order valence-corrected chi connectivity index (χ1v) is 7.79. The molecule has 0 amide bonds. The van der Waals surface area contributed by atoms with Crippen LogP contribution in [0.3, 0.4) is 0 Å². The molecule has 1 aliphatic heterocycles. The van der Waals surface area contributed by atoms with E-state index in [4.69, 9.17) is 9.72 Å². The van der Waals surface area contributed by atoms with Gasteiger partial charge in [0.25, 0.3) is 0 Å². The van der Waals surface area contributed by atoms with Crippen LogP contribution in [-0.2, 0) is 17.7 Å². The second-order valence-corrected chi connectivity index (χ2v) is 5.86. The van der Waals surface area contributed by atoms with Gasteiger partial charge in [0.05, 0.1) is 6.61 Å². The summed E-state index contributed by atoms with van der Waals surface area (Å²) in [6, 6.07) is 4.58. The van der Waals surface area contributed by atoms with Crippen molar-refractivity contribution >= 4 is 11.2 Å². The van der Waals surface area contributed by atoms with E-state index in [1.807, 2.05) is 18.3 Å². The SMILES string of the molecule is COCCc1nc2cccnc2n1CC1CCCCN1C. The van der Waals surface area contributed by atoms with E-state index < -0.39 is 0 Å². The van der Waals surface area contributed by atoms with Crippen LogP contribution in [0.25, 0.3) is 11.2 Å². The molecule has 2 aromatic heterocycles. The Morgan fingerprint density at radius 1 is 1.38 bits per heavy atom. The number of fused-ring (bicyclic) bond motifs is 1. The molecule has 0 spiro atoms. The van der Waals surface area contributed by atoms with Crippen molar-refractivity contribution in [3.63, 3.8) is 0 Å². The summed E-state index contributed by atoms with van der Waals surface area (Å²) in [6.07, 6.45) is 6.58. The zero-order valence-electron chi connectivity index (χ0n) is 13.0. The molecule has 0 aliphatic carbocycles. The maximum absolute atomic E-state index is 5.22. The van der Waals surface area contributed by atoms with Crippen LogP contribution in [0.2, 0.25) is 0 Å². The largest absolute Gasteiger partial charge is 0.384 e. The number of aromatic nitrogens is 3. The summed E-state index contributed by atoms with van der Waals surface area (Å²) in [4.78, 5) is 11.8. The highest BCUT2D eigenvalue weighted by Gasteiger charge is 2.22. The zero-order chi connectivity index (χ0) is 14.7. The Morgan fingerprint density at radius 2 is 2.29 bits per heavy atom. The highest BCUT2D eigenvalue weighted by atomic mass is 16.5. The van der Waals surface area contributed by atoms with Gasteiger partial charge in [0, 0.05) is 32.3 Å². The predicted octanol–water partition coefficient (Wildman–Crippen LogP) is 2.10. The number of hydrogen-bond donors (Lipinski definition) is 0. The number of nitrogens with zero attached hydrogens (tertiary/aromatic N) is 4. The van der Waals surface area contributed by atoms with Crippen LogP contribution in [-0.4, -0.2) is 52.8 Å². The van der Waals surface area contributed by atoms with Crippen molar-refractivity contribution in [3.8, 4) is 0 Å². The molecule has 1 fully saturated rings. The number of likely N-dealkylation sites (N-methyl/N-ethyl adjacent to an activating group) is 1. The molecule has 0 bridgehead atoms. The van der Waals surface area contributed by atoms with E-state index in [1.165, 1.54) is 25.8 Å². The fourth-order valence-electron chi connectivity index (χ4n) is 3.17. The Balaban J connectivity index is 1.90. The molecule has 1 saturated heterocycles. The summed E-state index contributed by atoms with van der Waals surface area (Å²) >= 11 is 0. The van der Waals surface area contributed by atoms with Crippen LogP contribution in [0.1, 0.15) is 25.1 Å². The van der Waals surface area contributed by atoms with E-state index in [9.17, 15) is 0 Å². The van der Waals surface area contributed by atoms with Gasteiger partial charge in [-0.15, -0.1) is 0 Å². The van der Waals surface area contributed by atoms with Crippen molar-refractivity contribution < 1.29 is 4.74 Å². The molecule has 5 nitrogen and oxygen atoms in total. The highest BCUT2D eigenvalue weighted by Crippen LogP contribution is 2.21. The number of likely N-dealkylation sites (tertiary alicyclic amines) is 1. The standard InChI is InChI=1S/C16H24N4O/c1-19-10-4-3-6-13(19)12-20-15(8-11-21-2)18-14-7-5-9-17-16(14)20/h5,7,9,13H,3-4,6,8,10-12H2,1-2H3. The Labute approximate surface area is 125 Å². The van der Waals surface area contributed by atoms with Crippen LogP contribution in [0.15, 0.2) is 18.3 Å². The predicted molar refractivity (Wildman–Crippen MR) is 83.4 cm³/mol. The number of pyridine rings is 1. The average Bonchev–Trinajstić information content (AvgIpc) is 2.85. The lowest BCUT2D eigenvalue weighted by molar-refractivity contribution is 0.165. The van der Waals surface area contributed by atoms with Gasteiger partial charge in [0.15, 0.2) is 5.65 Å². The van der Waals surface area contributed by atoms with Gasteiger partial charge in [0.1, 0.15) is 11.3 Å². The lowest BCUT2D eigenvalue weighted by Crippen LogP contribution is -2.39. The third-order valence-electron chi connectivity index (χ3n) is 4.43. The van der Waals surface area contributed by atoms with Crippen LogP contribution in [0.4, 0.5) is 0 Å². The van der Waals surface area contributed by atoms with Crippen molar-refractivity contribution in [1.82, 2.24) is 19.4 Å². The highest BCUT2D eigenvalue weighted by molar-refractivity contribution is 5.71. The Morgan fingerprint density at radius 3 is 3.10 bits per heavy atom. The Bertz CT molecular complexity index is 595. The number of rotatable bonds is 5. The summed E-state index contributed by atoms with van der Waals surface area (Å²) in [5.74, 6) is 1.09. The molecule has 0 radical (unpaired) electrons. The van der Waals surface area contributed by atoms with Crippen LogP contribution in [0.5, 0.6) is 0 Å². The van der Waals surface area contributed by atoms with Crippen molar-refractivity contribution in [2.24, 2.45) is 0 Å². The molecule has 5 heteroatoms. The third-order valence-corrected chi connectivity index (χ3v) is 4.43. The lowest BCUT2D eigenvalue weighted by atomic mass is 10.0. The molecule has 114 valence electrons. The molecule has 21 heavy (non-hydrogen) atoms. The number of piperidine rings is 1. The number of methoxy groups -OCH3 is 1. The van der Waals surface area contributed by atoms with Crippen LogP contribution < -0.4 is 0 Å². The van der Waals surface area contributed by atoms with Gasteiger partial charge in [-0.3, -0.25) is 0 Å². The van der Waals surface area contributed by atoms with E-state index in [0.717, 1.165) is 30.0 Å². The maximum Gasteiger partial charge on any atom is 0.160 e. The fraction of sp³-hybridized carbons (Fsp3) is 0.625. The summed E-state index contributed by atoms with van der Waals surface area (Å²) in [7, 11) is 3.96. The molecule has 1 atom stereocenters. The van der Waals surface area contributed by atoms with Crippen molar-refractivity contribution in [3.05, 3.63) is 24.2 Å². The number of ether oxygens (including phenoxy) is 1. The smallest absolute Gasteiger partial charge is 0.160 e. The van der Waals surface area contributed by atoms with E-state index in [0.29, 0.717) is 12.6 Å². The third kappa shape index (κ3) is 3.09. The van der Waals surface area contributed by atoms with E-state index in [1.54, 1.807) is 7.11 Å². The topological polar surface area (TPSA) is 43.2 Å². The zero-order valence-corrected chi connectivity index (χ0v) is 13.0. The minimum atomic E-state index is 0.583. The molecule has 3 rings (SSSR count). The summed E-state index contributed by atoms with van der Waals surface area (Å²) < 4.78 is 7.52. The average molecular weight is 288 g/mol. The van der Waals surface area contributed by atoms with E-state index in [2.05, 4.69) is 21.5 Å². The van der Waals surface area contributed by atoms with Crippen molar-refractivity contribution in [1.29, 1.82) is 0 Å². The fourth-order valence-corrected chi connectivity index (χ4v) is 3.17. The summed E-state index contributed by atoms with van der Waals surface area (Å²) in [5.41, 5.74) is 1.99. The van der Waals surface area contributed by atoms with Crippen LogP contribution in [0, 0.1) is 0 Å². The lowest BCUT2D eigenvalue weighted by Gasteiger charge is -2.33. The molecule has 0 aromatic carbocycles. The maximum atomic E-state index is 5.22. The molecule has 2 aromatic rings. The van der Waals surface area contributed by atoms with Gasteiger partial charge < -0.3 is 14.2 Å². The first-order chi connectivity index (χ1) is 10.3. The van der Waals surface area contributed by atoms with Gasteiger partial charge in [-0.25, -0.2) is 9.97 Å². The molecular formula is C16H24N4O. The van der Waals surface area contributed by atoms with Crippen molar-refractivity contribution in [2.75, 3.05) is 27.3 Å². The molecular weight excluding hydrogens is 264 g/mol. The molecule has 0 N–H and O–H groups in total. The summed E-state index contributed by atoms with van der Waals surface area (Å²) in [5, 5.41) is 0. The molecule has 3 heterocycles. The van der Waals surface area contributed by atoms with Gasteiger partial charge in [-0.1, -0.05) is 6.42 Å². The van der Waals surface area contributed by atoms with Crippen LogP contribution >= 0.6 is 0 Å².